The summed E-state index contributed by atoms with van der Waals surface area (Å²) in [6.07, 6.45) is 4.13. The number of nitrogens with one attached hydrogen (secondary N) is 3. The van der Waals surface area contributed by atoms with Crippen molar-refractivity contribution in [1.29, 1.82) is 0 Å². The third-order valence-corrected chi connectivity index (χ3v) is 6.07. The van der Waals surface area contributed by atoms with Crippen LogP contribution in [-0.2, 0) is 16.6 Å². The first-order valence-corrected chi connectivity index (χ1v) is 10.9. The van der Waals surface area contributed by atoms with Crippen LogP contribution in [0.1, 0.15) is 36.6 Å². The van der Waals surface area contributed by atoms with Gasteiger partial charge in [-0.1, -0.05) is 54.6 Å². The minimum Gasteiger partial charge on any atom is -0.481 e. The first kappa shape index (κ1) is 21.8. The zero-order chi connectivity index (χ0) is 22.6. The van der Waals surface area contributed by atoms with Crippen molar-refractivity contribution in [1.82, 2.24) is 15.3 Å². The van der Waals surface area contributed by atoms with Crippen LogP contribution in [0.5, 0.6) is 0 Å². The smallest absolute Gasteiger partial charge is 0.313 e. The zero-order valence-electron chi connectivity index (χ0n) is 18.4. The average molecular weight is 432 g/mol. The average Bonchev–Trinajstić information content (AvgIpc) is 2.82. The Morgan fingerprint density at radius 2 is 2.03 bits per heavy atom. The topological polar surface area (TPSA) is 99.2 Å². The lowest BCUT2D eigenvalue weighted by molar-refractivity contribution is -0.142. The molecule has 1 aromatic heterocycles. The first-order valence-electron chi connectivity index (χ1n) is 10.9. The van der Waals surface area contributed by atoms with Gasteiger partial charge in [-0.05, 0) is 43.5 Å². The van der Waals surface area contributed by atoms with E-state index in [0.29, 0.717) is 0 Å². The number of aliphatic carboxylic acids is 1. The number of nitrogens with zero attached hydrogens (tertiary/aromatic N) is 2. The molecule has 0 spiro atoms. The normalized spacial score (nSPS) is 16.4. The van der Waals surface area contributed by atoms with E-state index >= 15 is 0 Å². The van der Waals surface area contributed by atoms with Gasteiger partial charge in [0.15, 0.2) is 5.82 Å². The van der Waals surface area contributed by atoms with Crippen molar-refractivity contribution in [2.75, 3.05) is 23.7 Å². The number of benzene rings is 2. The van der Waals surface area contributed by atoms with Crippen LogP contribution in [0.15, 0.2) is 67.1 Å². The van der Waals surface area contributed by atoms with E-state index in [-0.39, 0.29) is 12.1 Å². The largest absolute Gasteiger partial charge is 0.481 e. The maximum Gasteiger partial charge on any atom is 0.313 e. The number of anilines is 2. The molecule has 7 nitrogen and oxygen atoms in total. The fraction of sp³-hybridized carbons (Fsp3) is 0.320. The lowest BCUT2D eigenvalue weighted by Crippen LogP contribution is -2.44. The Hall–Kier alpha value is -3.45. The van der Waals surface area contributed by atoms with Crippen molar-refractivity contribution in [3.8, 4) is 0 Å². The van der Waals surface area contributed by atoms with Crippen LogP contribution in [0.4, 0.5) is 11.5 Å². The molecule has 166 valence electrons. The summed E-state index contributed by atoms with van der Waals surface area (Å²) in [5.41, 5.74) is 3.13. The molecule has 1 aliphatic heterocycles. The highest BCUT2D eigenvalue weighted by Crippen LogP contribution is 2.28. The number of carboxylic acids is 1. The van der Waals surface area contributed by atoms with E-state index in [1.807, 2.05) is 42.5 Å². The molecule has 7 heteroatoms. The lowest BCUT2D eigenvalue weighted by Gasteiger charge is -2.34. The summed E-state index contributed by atoms with van der Waals surface area (Å²) in [5, 5.41) is 20.2. The Labute approximate surface area is 188 Å². The van der Waals surface area contributed by atoms with Crippen LogP contribution in [0.3, 0.4) is 0 Å². The standard InChI is InChI=1S/C25H29N5O2/c1-25(2,24(31)32)19-10-6-7-17(13-19)11-12-27-22(18-8-4-3-5-9-18)20-15-28-21-14-26-16-29-23(21)30-20/h3-10,13-14,16,20,22,27-28H,11-12,15H2,1-2H3,(H,31,32)(H,26,29,30)/t20-,22-/m1/s1. The van der Waals surface area contributed by atoms with Crippen LogP contribution in [0.2, 0.25) is 0 Å². The third-order valence-electron chi connectivity index (χ3n) is 6.07. The summed E-state index contributed by atoms with van der Waals surface area (Å²) in [6, 6.07) is 18.4. The van der Waals surface area contributed by atoms with Crippen molar-refractivity contribution in [2.45, 2.75) is 37.8 Å². The highest BCUT2D eigenvalue weighted by atomic mass is 16.4. The minimum absolute atomic E-state index is 0.0745. The van der Waals surface area contributed by atoms with Gasteiger partial charge in [-0.2, -0.15) is 0 Å². The fourth-order valence-electron chi connectivity index (χ4n) is 3.99. The van der Waals surface area contributed by atoms with Crippen molar-refractivity contribution < 1.29 is 9.90 Å². The fourth-order valence-corrected chi connectivity index (χ4v) is 3.99. The van der Waals surface area contributed by atoms with Gasteiger partial charge in [-0.3, -0.25) is 4.79 Å². The molecular formula is C25H29N5O2. The summed E-state index contributed by atoms with van der Waals surface area (Å²) in [4.78, 5) is 20.1. The molecule has 0 fully saturated rings. The lowest BCUT2D eigenvalue weighted by atomic mass is 9.84. The second-order valence-corrected chi connectivity index (χ2v) is 8.64. The number of rotatable bonds is 8. The molecule has 4 rings (SSSR count). The first-order chi connectivity index (χ1) is 15.4. The Morgan fingerprint density at radius 1 is 1.22 bits per heavy atom. The molecule has 0 radical (unpaired) electrons. The van der Waals surface area contributed by atoms with Crippen LogP contribution in [0, 0.1) is 0 Å². The van der Waals surface area contributed by atoms with Gasteiger partial charge < -0.3 is 21.1 Å². The molecule has 0 saturated carbocycles. The van der Waals surface area contributed by atoms with Gasteiger partial charge >= 0.3 is 5.97 Å². The molecule has 0 bridgehead atoms. The number of aromatic nitrogens is 2. The molecule has 32 heavy (non-hydrogen) atoms. The summed E-state index contributed by atoms with van der Waals surface area (Å²) in [7, 11) is 0. The van der Waals surface area contributed by atoms with Gasteiger partial charge in [0.25, 0.3) is 0 Å². The van der Waals surface area contributed by atoms with Gasteiger partial charge in [0.2, 0.25) is 0 Å². The van der Waals surface area contributed by atoms with E-state index in [2.05, 4.69) is 38.1 Å². The molecule has 2 atom stereocenters. The van der Waals surface area contributed by atoms with E-state index in [9.17, 15) is 9.90 Å². The number of carbonyl (C=O) groups is 1. The second kappa shape index (κ2) is 9.36. The molecule has 4 N–H and O–H groups in total. The minimum atomic E-state index is -0.914. The number of fused-ring (bicyclic) bond motifs is 1. The maximum atomic E-state index is 11.6. The molecule has 0 unspecified atom stereocenters. The van der Waals surface area contributed by atoms with Crippen LogP contribution >= 0.6 is 0 Å². The molecule has 0 amide bonds. The summed E-state index contributed by atoms with van der Waals surface area (Å²) < 4.78 is 0. The summed E-state index contributed by atoms with van der Waals surface area (Å²) in [5.74, 6) is -0.0144. The van der Waals surface area contributed by atoms with Crippen LogP contribution in [0.25, 0.3) is 0 Å². The van der Waals surface area contributed by atoms with E-state index in [1.165, 1.54) is 5.56 Å². The van der Waals surface area contributed by atoms with E-state index in [4.69, 9.17) is 0 Å². The number of carboxylic acid groups (broad SMARTS) is 1. The highest BCUT2D eigenvalue weighted by molar-refractivity contribution is 5.80. The summed E-state index contributed by atoms with van der Waals surface area (Å²) in [6.45, 7) is 4.98. The monoisotopic (exact) mass is 431 g/mol. The number of hydrogen-bond acceptors (Lipinski definition) is 6. The molecule has 0 saturated heterocycles. The van der Waals surface area contributed by atoms with Crippen LogP contribution in [-0.4, -0.2) is 40.2 Å². The van der Waals surface area contributed by atoms with Crippen molar-refractivity contribution in [2.24, 2.45) is 0 Å². The zero-order valence-corrected chi connectivity index (χ0v) is 18.4. The highest BCUT2D eigenvalue weighted by Gasteiger charge is 2.30. The SMILES string of the molecule is CC(C)(C(=O)O)c1cccc(CCN[C@H](c2ccccc2)[C@H]2CNc3cncnc3N2)c1. The third kappa shape index (κ3) is 4.73. The molecule has 2 heterocycles. The molecule has 0 aliphatic carbocycles. The van der Waals surface area contributed by atoms with Crippen molar-refractivity contribution >= 4 is 17.5 Å². The number of hydrogen-bond donors (Lipinski definition) is 4. The molecule has 2 aromatic carbocycles. The van der Waals surface area contributed by atoms with E-state index in [1.54, 1.807) is 26.4 Å². The summed E-state index contributed by atoms with van der Waals surface area (Å²) >= 11 is 0. The Kier molecular flexibility index (Phi) is 6.37. The van der Waals surface area contributed by atoms with Crippen molar-refractivity contribution in [3.05, 3.63) is 83.8 Å². The van der Waals surface area contributed by atoms with E-state index < -0.39 is 11.4 Å². The van der Waals surface area contributed by atoms with Gasteiger partial charge in [0.05, 0.1) is 29.4 Å². The predicted molar refractivity (Wildman–Crippen MR) is 126 cm³/mol. The van der Waals surface area contributed by atoms with Gasteiger partial charge in [-0.25, -0.2) is 9.97 Å². The van der Waals surface area contributed by atoms with Gasteiger partial charge in [0.1, 0.15) is 6.33 Å². The Balaban J connectivity index is 1.47. The Bertz CT molecular complexity index is 1070. The van der Waals surface area contributed by atoms with Gasteiger partial charge in [-0.15, -0.1) is 0 Å². The second-order valence-electron chi connectivity index (χ2n) is 8.64. The van der Waals surface area contributed by atoms with Gasteiger partial charge in [0, 0.05) is 6.54 Å². The van der Waals surface area contributed by atoms with Crippen LogP contribution < -0.4 is 16.0 Å². The quantitative estimate of drug-likeness (QED) is 0.432. The maximum absolute atomic E-state index is 11.6. The predicted octanol–water partition coefficient (Wildman–Crippen LogP) is 3.62. The molecule has 3 aromatic rings. The Morgan fingerprint density at radius 3 is 2.81 bits per heavy atom. The molecular weight excluding hydrogens is 402 g/mol. The van der Waals surface area contributed by atoms with Crippen molar-refractivity contribution in [3.63, 3.8) is 0 Å². The van der Waals surface area contributed by atoms with E-state index in [0.717, 1.165) is 42.1 Å². The molecule has 1 aliphatic rings.